The molecule has 0 fully saturated rings. The summed E-state index contributed by atoms with van der Waals surface area (Å²) in [7, 11) is -5.58. The highest BCUT2D eigenvalue weighted by atomic mass is 31.2. The molecule has 0 saturated heterocycles. The summed E-state index contributed by atoms with van der Waals surface area (Å²) < 4.78 is 87.1. The Bertz CT molecular complexity index is 472. The number of hydrogen-bond donors (Lipinski definition) is 0. The molecule has 0 aliphatic heterocycles. The maximum Gasteiger partial charge on any atom is 0.412 e. The van der Waals surface area contributed by atoms with Crippen molar-refractivity contribution in [3.8, 4) is 0 Å². The highest BCUT2D eigenvalue weighted by Crippen LogP contribution is 2.41. The van der Waals surface area contributed by atoms with Crippen LogP contribution in [0.3, 0.4) is 0 Å². The van der Waals surface area contributed by atoms with E-state index in [1.54, 1.807) is 0 Å². The zero-order valence-corrected chi connectivity index (χ0v) is 12.7. The molecule has 1 aromatic heterocycles. The predicted octanol–water partition coefficient (Wildman–Crippen LogP) is 2.61. The SMILES string of the molecule is CC[n+]1ccccc1.O=P([O-])(OCC(F)(F)F)OCC(F)(F)F. The standard InChI is InChI=1S/C7H10N.C4H5F6O4P/c1-2-8-6-4-3-5-7-8;5-3(6,7)1-13-15(11,12)14-2-4(8,9)10/h3-7H,2H2,1H3;1-2H2,(H,11,12)/q+1;/p-1. The Morgan fingerprint density at radius 1 is 0.957 bits per heavy atom. The molecule has 12 heteroatoms. The molecule has 0 spiro atoms. The first-order valence-electron chi connectivity index (χ1n) is 6.02. The zero-order valence-electron chi connectivity index (χ0n) is 11.8. The number of aromatic nitrogens is 1. The van der Waals surface area contributed by atoms with Crippen LogP contribution >= 0.6 is 7.82 Å². The van der Waals surface area contributed by atoms with E-state index in [1.165, 1.54) is 0 Å². The van der Waals surface area contributed by atoms with Crippen LogP contribution in [-0.2, 0) is 20.2 Å². The molecule has 0 atom stereocenters. The van der Waals surface area contributed by atoms with Gasteiger partial charge in [0.1, 0.15) is 6.54 Å². The van der Waals surface area contributed by atoms with E-state index in [9.17, 15) is 35.8 Å². The summed E-state index contributed by atoms with van der Waals surface area (Å²) in [6, 6.07) is 6.08. The molecule has 1 aromatic rings. The Balaban J connectivity index is 0.000000502. The molecule has 0 radical (unpaired) electrons. The van der Waals surface area contributed by atoms with Crippen molar-refractivity contribution >= 4 is 7.82 Å². The molecule has 23 heavy (non-hydrogen) atoms. The van der Waals surface area contributed by atoms with Crippen LogP contribution in [0, 0.1) is 0 Å². The molecule has 1 heterocycles. The van der Waals surface area contributed by atoms with Gasteiger partial charge in [0.05, 0.1) is 0 Å². The Hall–Kier alpha value is -1.16. The molecule has 134 valence electrons. The van der Waals surface area contributed by atoms with E-state index in [0.29, 0.717) is 0 Å². The minimum absolute atomic E-state index is 1.06. The van der Waals surface area contributed by atoms with Gasteiger partial charge in [0.2, 0.25) is 0 Å². The van der Waals surface area contributed by atoms with Crippen LogP contribution < -0.4 is 9.46 Å². The molecule has 0 aliphatic rings. The third-order valence-corrected chi connectivity index (χ3v) is 2.81. The number of rotatable bonds is 5. The van der Waals surface area contributed by atoms with Crippen LogP contribution in [0.15, 0.2) is 30.6 Å². The maximum atomic E-state index is 11.4. The molecular formula is C11H14F6NO4P. The van der Waals surface area contributed by atoms with Crippen LogP contribution in [0.4, 0.5) is 26.3 Å². The second-order valence-corrected chi connectivity index (χ2v) is 5.34. The lowest BCUT2D eigenvalue weighted by Crippen LogP contribution is -2.30. The number of halogens is 6. The van der Waals surface area contributed by atoms with E-state index in [0.717, 1.165) is 6.54 Å². The Kier molecular flexibility index (Phi) is 8.75. The smallest absolute Gasteiger partial charge is 0.412 e. The summed E-state index contributed by atoms with van der Waals surface area (Å²) in [6.07, 6.45) is -5.83. The van der Waals surface area contributed by atoms with Gasteiger partial charge in [0, 0.05) is 12.1 Å². The summed E-state index contributed by atoms with van der Waals surface area (Å²) in [5, 5.41) is 0. The number of phosphoric acid groups is 1. The van der Waals surface area contributed by atoms with Gasteiger partial charge < -0.3 is 13.9 Å². The van der Waals surface area contributed by atoms with Crippen LogP contribution in [0.25, 0.3) is 0 Å². The summed E-state index contributed by atoms with van der Waals surface area (Å²) in [5.41, 5.74) is 0. The molecule has 0 amide bonds. The average molecular weight is 369 g/mol. The van der Waals surface area contributed by atoms with Gasteiger partial charge in [-0.25, -0.2) is 4.57 Å². The van der Waals surface area contributed by atoms with E-state index in [2.05, 4.69) is 32.9 Å². The van der Waals surface area contributed by atoms with Gasteiger partial charge in [-0.05, 0) is 6.92 Å². The predicted molar refractivity (Wildman–Crippen MR) is 63.9 cm³/mol. The third kappa shape index (κ3) is 14.2. The fourth-order valence-electron chi connectivity index (χ4n) is 0.987. The van der Waals surface area contributed by atoms with Gasteiger partial charge in [-0.3, -0.25) is 4.57 Å². The van der Waals surface area contributed by atoms with Gasteiger partial charge >= 0.3 is 12.4 Å². The molecule has 0 saturated carbocycles. The van der Waals surface area contributed by atoms with Gasteiger partial charge in [0.15, 0.2) is 25.6 Å². The van der Waals surface area contributed by atoms with Gasteiger partial charge in [-0.2, -0.15) is 26.3 Å². The van der Waals surface area contributed by atoms with Crippen molar-refractivity contribution in [2.45, 2.75) is 25.8 Å². The molecule has 1 rings (SSSR count). The normalized spacial score (nSPS) is 12.5. The fourth-order valence-corrected chi connectivity index (χ4v) is 1.67. The van der Waals surface area contributed by atoms with Crippen molar-refractivity contribution < 1.29 is 49.4 Å². The van der Waals surface area contributed by atoms with Gasteiger partial charge in [-0.1, -0.05) is 6.07 Å². The second kappa shape index (κ2) is 9.21. The van der Waals surface area contributed by atoms with E-state index in [4.69, 9.17) is 0 Å². The van der Waals surface area contributed by atoms with Gasteiger partial charge in [-0.15, -0.1) is 0 Å². The molecule has 0 aromatic carbocycles. The minimum Gasteiger partial charge on any atom is -0.756 e. The number of nitrogens with zero attached hydrogens (tertiary/aromatic N) is 1. The highest BCUT2D eigenvalue weighted by molar-refractivity contribution is 7.45. The van der Waals surface area contributed by atoms with Crippen LogP contribution in [0.1, 0.15) is 6.92 Å². The van der Waals surface area contributed by atoms with Crippen molar-refractivity contribution in [1.29, 1.82) is 0 Å². The lowest BCUT2D eigenvalue weighted by Gasteiger charge is -2.23. The Morgan fingerprint density at radius 3 is 1.61 bits per heavy atom. The van der Waals surface area contributed by atoms with E-state index < -0.39 is 33.4 Å². The molecule has 0 N–H and O–H groups in total. The third-order valence-electron chi connectivity index (χ3n) is 1.92. The first-order chi connectivity index (χ1) is 10.3. The van der Waals surface area contributed by atoms with Crippen molar-refractivity contribution in [3.63, 3.8) is 0 Å². The Labute approximate surface area is 128 Å². The number of hydrogen-bond acceptors (Lipinski definition) is 4. The number of aryl methyl sites for hydroxylation is 1. The lowest BCUT2D eigenvalue weighted by atomic mass is 10.5. The highest BCUT2D eigenvalue weighted by Gasteiger charge is 2.33. The number of pyridine rings is 1. The molecule has 5 nitrogen and oxygen atoms in total. The summed E-state index contributed by atoms with van der Waals surface area (Å²) in [6.45, 7) is -1.28. The van der Waals surface area contributed by atoms with Crippen molar-refractivity contribution in [1.82, 2.24) is 0 Å². The van der Waals surface area contributed by atoms with E-state index in [1.807, 2.05) is 18.2 Å². The lowest BCUT2D eigenvalue weighted by molar-refractivity contribution is -0.693. The summed E-state index contributed by atoms with van der Waals surface area (Å²) >= 11 is 0. The van der Waals surface area contributed by atoms with Crippen molar-refractivity contribution in [2.75, 3.05) is 13.2 Å². The molecule has 0 aliphatic carbocycles. The largest absolute Gasteiger partial charge is 0.756 e. The number of alkyl halides is 6. The van der Waals surface area contributed by atoms with Crippen LogP contribution in [0.5, 0.6) is 0 Å². The average Bonchev–Trinajstić information content (AvgIpc) is 2.44. The van der Waals surface area contributed by atoms with Crippen LogP contribution in [-0.4, -0.2) is 25.6 Å². The number of phosphoric ester groups is 1. The molecular weight excluding hydrogens is 355 g/mol. The molecule has 0 bridgehead atoms. The van der Waals surface area contributed by atoms with Crippen molar-refractivity contribution in [2.24, 2.45) is 0 Å². The van der Waals surface area contributed by atoms with Crippen LogP contribution in [0.2, 0.25) is 0 Å². The second-order valence-electron chi connectivity index (χ2n) is 3.93. The maximum absolute atomic E-state index is 11.4. The zero-order chi connectivity index (χ0) is 18.1. The minimum atomic E-state index is -5.58. The molecule has 0 unspecified atom stereocenters. The van der Waals surface area contributed by atoms with E-state index >= 15 is 0 Å². The topological polar surface area (TPSA) is 62.5 Å². The summed E-state index contributed by atoms with van der Waals surface area (Å²) in [5.74, 6) is 0. The Morgan fingerprint density at radius 2 is 1.35 bits per heavy atom. The monoisotopic (exact) mass is 369 g/mol. The fraction of sp³-hybridized carbons (Fsp3) is 0.545. The first-order valence-corrected chi connectivity index (χ1v) is 7.48. The van der Waals surface area contributed by atoms with E-state index in [-0.39, 0.29) is 0 Å². The quantitative estimate of drug-likeness (QED) is 0.455. The van der Waals surface area contributed by atoms with Crippen molar-refractivity contribution in [3.05, 3.63) is 30.6 Å². The summed E-state index contributed by atoms with van der Waals surface area (Å²) in [4.78, 5) is 10.3. The van der Waals surface area contributed by atoms with Gasteiger partial charge in [0.25, 0.3) is 7.82 Å². The first kappa shape index (κ1) is 21.8.